The summed E-state index contributed by atoms with van der Waals surface area (Å²) in [5, 5.41) is 50.7. The molecule has 0 spiro atoms. The molecule has 6 N–H and O–H groups in total. The number of unbranched alkanes of at least 4 members (excludes halogenated alkanes) is 13. The normalized spacial score (nSPS) is 15.2. The predicted molar refractivity (Wildman–Crippen MR) is 154 cm³/mol. The molecule has 1 unspecified atom stereocenters. The molecule has 1 aromatic rings. The van der Waals surface area contributed by atoms with E-state index in [1.807, 2.05) is 6.07 Å². The lowest BCUT2D eigenvalue weighted by Gasteiger charge is -2.26. The van der Waals surface area contributed by atoms with E-state index in [1.54, 1.807) is 24.3 Å². The van der Waals surface area contributed by atoms with Crippen molar-refractivity contribution in [2.45, 2.75) is 134 Å². The molecule has 0 aliphatic rings. The number of nitrogens with one attached hydrogen (secondary N) is 1. The second-order valence-corrected chi connectivity index (χ2v) is 10.7. The minimum absolute atomic E-state index is 0.106. The maximum atomic E-state index is 12.8. The van der Waals surface area contributed by atoms with Crippen LogP contribution in [0.2, 0.25) is 0 Å². The zero-order chi connectivity index (χ0) is 29.6. The highest BCUT2D eigenvalue weighted by molar-refractivity contribution is 5.87. The summed E-state index contributed by atoms with van der Waals surface area (Å²) < 4.78 is 5.41. The van der Waals surface area contributed by atoms with Crippen LogP contribution in [0.4, 0.5) is 0 Å². The predicted octanol–water partition coefficient (Wildman–Crippen LogP) is 3.17. The van der Waals surface area contributed by atoms with Gasteiger partial charge < -0.3 is 35.6 Å². The number of ether oxygens (including phenoxy) is 1. The second-order valence-electron chi connectivity index (χ2n) is 10.7. The van der Waals surface area contributed by atoms with Crippen molar-refractivity contribution >= 4 is 11.9 Å². The van der Waals surface area contributed by atoms with Crippen molar-refractivity contribution in [3.63, 3.8) is 0 Å². The van der Waals surface area contributed by atoms with Gasteiger partial charge in [0.05, 0.1) is 13.2 Å². The highest BCUT2D eigenvalue weighted by Crippen LogP contribution is 2.13. The van der Waals surface area contributed by atoms with Gasteiger partial charge in [-0.2, -0.15) is 0 Å². The van der Waals surface area contributed by atoms with Crippen LogP contribution in [-0.2, 0) is 20.7 Å². The molecule has 40 heavy (non-hydrogen) atoms. The molecule has 1 amide bonds. The van der Waals surface area contributed by atoms with Gasteiger partial charge in [0.25, 0.3) is 5.91 Å². The van der Waals surface area contributed by atoms with Gasteiger partial charge in [-0.15, -0.1) is 0 Å². The summed E-state index contributed by atoms with van der Waals surface area (Å²) >= 11 is 0. The summed E-state index contributed by atoms with van der Waals surface area (Å²) in [6.45, 7) is 1.59. The lowest BCUT2D eigenvalue weighted by Crippen LogP contribution is -2.55. The summed E-state index contributed by atoms with van der Waals surface area (Å²) in [4.78, 5) is 25.3. The fourth-order valence-electron chi connectivity index (χ4n) is 4.55. The second kappa shape index (κ2) is 22.6. The third-order valence-corrected chi connectivity index (χ3v) is 7.15. The largest absolute Gasteiger partial charge is 0.464 e. The van der Waals surface area contributed by atoms with Gasteiger partial charge in [0, 0.05) is 6.42 Å². The average molecular weight is 568 g/mol. The first-order chi connectivity index (χ1) is 19.3. The summed E-state index contributed by atoms with van der Waals surface area (Å²) in [5.41, 5.74) is 0.756. The molecule has 5 atom stereocenters. The Morgan fingerprint density at radius 2 is 1.25 bits per heavy atom. The third-order valence-electron chi connectivity index (χ3n) is 7.15. The van der Waals surface area contributed by atoms with E-state index in [4.69, 9.17) is 9.84 Å². The van der Waals surface area contributed by atoms with Crippen molar-refractivity contribution in [1.29, 1.82) is 0 Å². The van der Waals surface area contributed by atoms with Crippen LogP contribution in [0.5, 0.6) is 0 Å². The Hall–Kier alpha value is -2.04. The molecule has 0 saturated heterocycles. The Kier molecular flexibility index (Phi) is 20.4. The standard InChI is InChI=1S/C31H53NO8/c1-2-3-4-5-6-7-8-9-10-11-12-13-14-18-21-40-31(39)25(22-24-19-16-15-17-20-24)32-30(38)29(37)28(36)27(35)26(34)23-33/h15-17,19-20,25-29,33-37H,2-14,18,21-23H2,1H3,(H,32,38)/t25?,26-,27-,28+,29-/m1/s1. The molecule has 0 radical (unpaired) electrons. The first-order valence-electron chi connectivity index (χ1n) is 15.2. The van der Waals surface area contributed by atoms with E-state index < -0.39 is 48.9 Å². The molecule has 0 aliphatic heterocycles. The Bertz CT molecular complexity index is 778. The number of hydrogen-bond acceptors (Lipinski definition) is 8. The molecule has 0 aromatic heterocycles. The van der Waals surface area contributed by atoms with Gasteiger partial charge in [0.1, 0.15) is 24.4 Å². The average Bonchev–Trinajstić information content (AvgIpc) is 2.97. The van der Waals surface area contributed by atoms with Crippen LogP contribution < -0.4 is 5.32 Å². The number of rotatable bonds is 24. The van der Waals surface area contributed by atoms with E-state index in [1.165, 1.54) is 64.2 Å². The van der Waals surface area contributed by atoms with E-state index in [9.17, 15) is 30.0 Å². The lowest BCUT2D eigenvalue weighted by atomic mass is 10.0. The van der Waals surface area contributed by atoms with Crippen LogP contribution in [0.1, 0.15) is 102 Å². The molecule has 9 heteroatoms. The molecule has 1 rings (SSSR count). The summed E-state index contributed by atoms with van der Waals surface area (Å²) in [6.07, 6.45) is 9.28. The summed E-state index contributed by atoms with van der Waals surface area (Å²) in [7, 11) is 0. The van der Waals surface area contributed by atoms with Crippen molar-refractivity contribution in [2.75, 3.05) is 13.2 Å². The van der Waals surface area contributed by atoms with E-state index >= 15 is 0 Å². The number of carbonyl (C=O) groups is 2. The molecule has 0 heterocycles. The number of benzene rings is 1. The minimum atomic E-state index is -2.13. The highest BCUT2D eigenvalue weighted by atomic mass is 16.5. The number of aliphatic hydroxyl groups is 5. The van der Waals surface area contributed by atoms with E-state index in [-0.39, 0.29) is 13.0 Å². The number of esters is 1. The van der Waals surface area contributed by atoms with Crippen LogP contribution >= 0.6 is 0 Å². The smallest absolute Gasteiger partial charge is 0.328 e. The van der Waals surface area contributed by atoms with Crippen LogP contribution in [-0.4, -0.2) is 81.1 Å². The molecule has 0 aliphatic carbocycles. The Labute approximate surface area is 240 Å². The van der Waals surface area contributed by atoms with Crippen LogP contribution in [0, 0.1) is 0 Å². The number of carbonyl (C=O) groups excluding carboxylic acids is 2. The van der Waals surface area contributed by atoms with Gasteiger partial charge in [-0.3, -0.25) is 4.79 Å². The monoisotopic (exact) mass is 567 g/mol. The molecule has 9 nitrogen and oxygen atoms in total. The van der Waals surface area contributed by atoms with Crippen LogP contribution in [0.3, 0.4) is 0 Å². The Balaban J connectivity index is 2.37. The van der Waals surface area contributed by atoms with Gasteiger partial charge in [-0.05, 0) is 12.0 Å². The molecule has 0 fully saturated rings. The Morgan fingerprint density at radius 3 is 1.75 bits per heavy atom. The van der Waals surface area contributed by atoms with Gasteiger partial charge in [0.15, 0.2) is 6.10 Å². The summed E-state index contributed by atoms with van der Waals surface area (Å²) in [6, 6.07) is 7.85. The number of amides is 1. The van der Waals surface area contributed by atoms with E-state index in [0.717, 1.165) is 24.8 Å². The minimum Gasteiger partial charge on any atom is -0.464 e. The van der Waals surface area contributed by atoms with Crippen molar-refractivity contribution < 1.29 is 39.9 Å². The fourth-order valence-corrected chi connectivity index (χ4v) is 4.55. The molecule has 0 saturated carbocycles. The molecule has 230 valence electrons. The fraction of sp³-hybridized carbons (Fsp3) is 0.742. The molecular formula is C31H53NO8. The molecular weight excluding hydrogens is 514 g/mol. The van der Waals surface area contributed by atoms with Gasteiger partial charge in [0.2, 0.25) is 0 Å². The number of hydrogen-bond donors (Lipinski definition) is 6. The SMILES string of the molecule is CCCCCCCCCCCCCCCCOC(=O)C(Cc1ccccc1)NC(=O)[C@H](O)[C@@H](O)[C@H](O)[C@H](O)CO. The van der Waals surface area contributed by atoms with Crippen LogP contribution in [0.15, 0.2) is 30.3 Å². The van der Waals surface area contributed by atoms with Gasteiger partial charge in [-0.25, -0.2) is 4.79 Å². The Morgan fingerprint density at radius 1 is 0.750 bits per heavy atom. The topological polar surface area (TPSA) is 157 Å². The maximum absolute atomic E-state index is 12.8. The van der Waals surface area contributed by atoms with Crippen molar-refractivity contribution in [3.05, 3.63) is 35.9 Å². The van der Waals surface area contributed by atoms with E-state index in [0.29, 0.717) is 6.42 Å². The van der Waals surface area contributed by atoms with Gasteiger partial charge in [-0.1, -0.05) is 121 Å². The third kappa shape index (κ3) is 15.7. The highest BCUT2D eigenvalue weighted by Gasteiger charge is 2.36. The maximum Gasteiger partial charge on any atom is 0.328 e. The van der Waals surface area contributed by atoms with Gasteiger partial charge >= 0.3 is 5.97 Å². The first kappa shape index (κ1) is 36.0. The van der Waals surface area contributed by atoms with Crippen molar-refractivity contribution in [2.24, 2.45) is 0 Å². The quantitative estimate of drug-likeness (QED) is 0.0822. The van der Waals surface area contributed by atoms with Crippen molar-refractivity contribution in [1.82, 2.24) is 5.32 Å². The van der Waals surface area contributed by atoms with E-state index in [2.05, 4.69) is 12.2 Å². The lowest BCUT2D eigenvalue weighted by molar-refractivity contribution is -0.155. The van der Waals surface area contributed by atoms with Crippen LogP contribution in [0.25, 0.3) is 0 Å². The molecule has 0 bridgehead atoms. The molecule has 1 aromatic carbocycles. The first-order valence-corrected chi connectivity index (χ1v) is 15.2. The van der Waals surface area contributed by atoms with Crippen molar-refractivity contribution in [3.8, 4) is 0 Å². The zero-order valence-corrected chi connectivity index (χ0v) is 24.3. The summed E-state index contributed by atoms with van der Waals surface area (Å²) in [5.74, 6) is -1.77. The number of aliphatic hydroxyl groups excluding tert-OH is 5. The zero-order valence-electron chi connectivity index (χ0n) is 24.3.